The summed E-state index contributed by atoms with van der Waals surface area (Å²) in [7, 11) is 0. The van der Waals surface area contributed by atoms with Crippen molar-refractivity contribution in [3.63, 3.8) is 0 Å². The lowest BCUT2D eigenvalue weighted by Crippen LogP contribution is -2.62. The van der Waals surface area contributed by atoms with Crippen LogP contribution in [0.15, 0.2) is 12.5 Å². The van der Waals surface area contributed by atoms with Crippen LogP contribution in [-0.2, 0) is 54.4 Å². The fraction of sp³-hybridized carbons (Fsp3) is 0.698. The van der Waals surface area contributed by atoms with Crippen molar-refractivity contribution in [3.05, 3.63) is 18.2 Å². The molecule has 2 aliphatic rings. The highest BCUT2D eigenvalue weighted by Gasteiger charge is 2.41. The van der Waals surface area contributed by atoms with Crippen molar-refractivity contribution in [1.29, 1.82) is 0 Å². The Labute approximate surface area is 393 Å². The number of aliphatic hydroxyl groups is 2. The van der Waals surface area contributed by atoms with Crippen molar-refractivity contribution in [2.45, 2.75) is 160 Å². The Kier molecular flexibility index (Phi) is 21.8. The number of nitrogens with zero attached hydrogens (tertiary/aromatic N) is 3. The average molecular weight is 964 g/mol. The molecule has 2 aliphatic heterocycles. The number of aromatic amines is 1. The summed E-state index contributed by atoms with van der Waals surface area (Å²) in [4.78, 5) is 141. The van der Waals surface area contributed by atoms with Crippen molar-refractivity contribution >= 4 is 59.2 Å². The van der Waals surface area contributed by atoms with E-state index in [0.29, 0.717) is 31.5 Å². The number of likely N-dealkylation sites (tertiary alicyclic amines) is 2. The number of nitrogens with one attached hydrogen (secondary N) is 7. The Balaban J connectivity index is 1.72. The summed E-state index contributed by atoms with van der Waals surface area (Å²) < 4.78 is 0. The predicted molar refractivity (Wildman–Crippen MR) is 239 cm³/mol. The van der Waals surface area contributed by atoms with E-state index in [9.17, 15) is 68.4 Å². The molecular weight excluding hydrogens is 895 g/mol. The summed E-state index contributed by atoms with van der Waals surface area (Å²) in [5.41, 5.74) is 6.46. The third kappa shape index (κ3) is 16.5. The lowest BCUT2D eigenvalue weighted by Gasteiger charge is -2.30. The fourth-order valence-corrected chi connectivity index (χ4v) is 8.00. The Morgan fingerprint density at radius 3 is 1.76 bits per heavy atom. The lowest BCUT2D eigenvalue weighted by atomic mass is 10.0. The van der Waals surface area contributed by atoms with Crippen LogP contribution >= 0.6 is 0 Å². The highest BCUT2D eigenvalue weighted by Crippen LogP contribution is 2.21. The van der Waals surface area contributed by atoms with Crippen molar-refractivity contribution in [1.82, 2.24) is 51.7 Å². The lowest BCUT2D eigenvalue weighted by molar-refractivity contribution is -0.144. The van der Waals surface area contributed by atoms with Crippen LogP contribution in [0.5, 0.6) is 0 Å². The van der Waals surface area contributed by atoms with E-state index in [2.05, 4.69) is 41.9 Å². The predicted octanol–water partition coefficient (Wildman–Crippen LogP) is -3.40. The van der Waals surface area contributed by atoms with Gasteiger partial charge >= 0.3 is 11.9 Å². The second-order valence-corrected chi connectivity index (χ2v) is 18.2. The Morgan fingerprint density at radius 1 is 0.706 bits per heavy atom. The van der Waals surface area contributed by atoms with Crippen LogP contribution < -0.4 is 37.6 Å². The Hall–Kier alpha value is -6.21. The van der Waals surface area contributed by atoms with Crippen molar-refractivity contribution < 1.29 is 68.4 Å². The molecule has 3 rings (SSSR count). The van der Waals surface area contributed by atoms with Gasteiger partial charge in [-0.05, 0) is 70.6 Å². The number of aromatic nitrogens is 2. The van der Waals surface area contributed by atoms with Crippen LogP contribution in [0.4, 0.5) is 0 Å². The van der Waals surface area contributed by atoms with E-state index in [1.54, 1.807) is 13.8 Å². The van der Waals surface area contributed by atoms with Gasteiger partial charge in [-0.15, -0.1) is 0 Å². The van der Waals surface area contributed by atoms with Crippen LogP contribution in [-0.4, -0.2) is 180 Å². The van der Waals surface area contributed by atoms with E-state index in [4.69, 9.17) is 5.73 Å². The van der Waals surface area contributed by atoms with Gasteiger partial charge in [-0.2, -0.15) is 0 Å². The maximum Gasteiger partial charge on any atom is 0.326 e. The average Bonchev–Trinajstić information content (AvgIpc) is 4.07. The third-order valence-corrected chi connectivity index (χ3v) is 11.5. The minimum absolute atomic E-state index is 0.0195. The first-order valence-electron chi connectivity index (χ1n) is 22.8. The number of imidazole rings is 1. The molecule has 380 valence electrons. The second kappa shape index (κ2) is 26.4. The van der Waals surface area contributed by atoms with Gasteiger partial charge in [0, 0.05) is 37.8 Å². The molecule has 8 amide bonds. The fourth-order valence-electron chi connectivity index (χ4n) is 8.00. The van der Waals surface area contributed by atoms with Gasteiger partial charge in [0.1, 0.15) is 48.3 Å². The molecule has 1 aromatic rings. The van der Waals surface area contributed by atoms with E-state index < -0.39 is 133 Å². The molecule has 10 atom stereocenters. The molecule has 2 fully saturated rings. The molecule has 68 heavy (non-hydrogen) atoms. The number of hydrogen-bond acceptors (Lipinski definition) is 14. The molecule has 0 aliphatic carbocycles. The van der Waals surface area contributed by atoms with Gasteiger partial charge in [-0.3, -0.25) is 43.2 Å². The SMILES string of the molecule is CC(C)C[C@H](NC(=O)[C@H](Cc1cnc[nH]1)NC(=O)[C@@H](NC(=O)[C@H](CCC(=O)O)NC(=O)[C@@H]1CCCN1C(=O)[C@H](CO)NC(=O)[C@H](C)NC(=O)[C@@H]1CCCN1C(=O)[C@@H](N)CC(C)C)[C@@H](C)O)C(=O)O. The van der Waals surface area contributed by atoms with Gasteiger partial charge in [0.15, 0.2) is 0 Å². The van der Waals surface area contributed by atoms with E-state index in [1.165, 1.54) is 24.3 Å². The highest BCUT2D eigenvalue weighted by molar-refractivity contribution is 5.98. The third-order valence-electron chi connectivity index (χ3n) is 11.5. The minimum atomic E-state index is -1.80. The van der Waals surface area contributed by atoms with E-state index >= 15 is 0 Å². The monoisotopic (exact) mass is 964 g/mol. The standard InChI is InChI=1S/C43H69N11O14/c1-21(2)15-26(44)41(65)53-13-7-9-31(53)38(62)47-23(5)35(59)51-30(19-55)42(66)54-14-8-10-32(54)39(63)48-27(11-12-33(57)58)36(60)52-34(24(6)56)40(64)49-28(17-25-18-45-20-46-25)37(61)50-29(43(67)68)16-22(3)4/h18,20-24,26-32,34,55-56H,7-17,19,44H2,1-6H3,(H,45,46)(H,47,62)(H,48,63)(H,49,64)(H,50,61)(H,51,59)(H,52,60)(H,57,58)(H,67,68)/t23-,24+,26-,27-,28-,29-,30-,31-,32-,34-/m0/s1. The van der Waals surface area contributed by atoms with Crippen LogP contribution in [0, 0.1) is 11.8 Å². The zero-order valence-corrected chi connectivity index (χ0v) is 39.4. The molecule has 2 saturated heterocycles. The quantitative estimate of drug-likeness (QED) is 0.0431. The van der Waals surface area contributed by atoms with Crippen molar-refractivity contribution in [3.8, 4) is 0 Å². The summed E-state index contributed by atoms with van der Waals surface area (Å²) >= 11 is 0. The van der Waals surface area contributed by atoms with Crippen molar-refractivity contribution in [2.75, 3.05) is 19.7 Å². The molecular formula is C43H69N11O14. The van der Waals surface area contributed by atoms with Gasteiger partial charge in [0.25, 0.3) is 0 Å². The van der Waals surface area contributed by atoms with Gasteiger partial charge in [0.2, 0.25) is 47.3 Å². The number of carbonyl (C=O) groups excluding carboxylic acids is 8. The number of carboxylic acids is 2. The van der Waals surface area contributed by atoms with Crippen LogP contribution in [0.2, 0.25) is 0 Å². The molecule has 0 unspecified atom stereocenters. The molecule has 13 N–H and O–H groups in total. The van der Waals surface area contributed by atoms with E-state index in [-0.39, 0.29) is 50.0 Å². The Bertz CT molecular complexity index is 1950. The molecule has 0 bridgehead atoms. The van der Waals surface area contributed by atoms with Crippen LogP contribution in [0.25, 0.3) is 0 Å². The smallest absolute Gasteiger partial charge is 0.326 e. The summed E-state index contributed by atoms with van der Waals surface area (Å²) in [5.74, 6) is -9.40. The first-order valence-corrected chi connectivity index (χ1v) is 22.8. The number of nitrogens with two attached hydrogens (primary N) is 1. The van der Waals surface area contributed by atoms with Gasteiger partial charge in [0.05, 0.1) is 25.1 Å². The number of aliphatic hydroxyl groups excluding tert-OH is 2. The molecule has 0 saturated carbocycles. The number of aliphatic carboxylic acids is 2. The number of H-pyrrole nitrogens is 1. The van der Waals surface area contributed by atoms with Gasteiger partial charge in [-0.25, -0.2) is 9.78 Å². The van der Waals surface area contributed by atoms with Gasteiger partial charge < -0.3 is 72.8 Å². The zero-order chi connectivity index (χ0) is 51.0. The highest BCUT2D eigenvalue weighted by atomic mass is 16.4. The molecule has 0 spiro atoms. The molecule has 0 radical (unpaired) electrons. The number of carbonyl (C=O) groups is 10. The van der Waals surface area contributed by atoms with E-state index in [0.717, 1.165) is 11.8 Å². The largest absolute Gasteiger partial charge is 0.481 e. The van der Waals surface area contributed by atoms with Crippen molar-refractivity contribution in [2.24, 2.45) is 17.6 Å². The maximum absolute atomic E-state index is 13.8. The maximum atomic E-state index is 13.8. The molecule has 0 aromatic carbocycles. The molecule has 3 heterocycles. The topological polar surface area (TPSA) is 385 Å². The molecule has 25 heteroatoms. The number of hydrogen-bond donors (Lipinski definition) is 12. The molecule has 1 aromatic heterocycles. The summed E-state index contributed by atoms with van der Waals surface area (Å²) in [6.45, 7) is 9.21. The summed E-state index contributed by atoms with van der Waals surface area (Å²) in [6.07, 6.45) is 1.35. The Morgan fingerprint density at radius 2 is 1.25 bits per heavy atom. The molecule has 25 nitrogen and oxygen atoms in total. The van der Waals surface area contributed by atoms with Crippen LogP contribution in [0.1, 0.15) is 98.6 Å². The number of amides is 8. The normalized spacial score (nSPS) is 19.4. The summed E-state index contributed by atoms with van der Waals surface area (Å²) in [5, 5.41) is 54.5. The zero-order valence-electron chi connectivity index (χ0n) is 39.4. The summed E-state index contributed by atoms with van der Waals surface area (Å²) in [6, 6.07) is -12.0. The first kappa shape index (κ1) is 56.1. The van der Waals surface area contributed by atoms with E-state index in [1.807, 2.05) is 13.8 Å². The first-order chi connectivity index (χ1) is 31.9. The second-order valence-electron chi connectivity index (χ2n) is 18.2. The number of rotatable bonds is 26. The minimum Gasteiger partial charge on any atom is -0.481 e. The van der Waals surface area contributed by atoms with Crippen LogP contribution in [0.3, 0.4) is 0 Å². The van der Waals surface area contributed by atoms with Gasteiger partial charge in [-0.1, -0.05) is 27.7 Å². The number of carboxylic acid groups (broad SMARTS) is 2.